The van der Waals surface area contributed by atoms with Crippen LogP contribution in [-0.4, -0.2) is 21.3 Å². The first-order valence-corrected chi connectivity index (χ1v) is 3.73. The molecule has 0 bridgehead atoms. The number of rotatable bonds is 2. The molecule has 0 saturated carbocycles. The minimum Gasteiger partial charge on any atom is -0.508 e. The molecular formula is C9H10O4. The van der Waals surface area contributed by atoms with Crippen molar-refractivity contribution in [1.82, 2.24) is 0 Å². The van der Waals surface area contributed by atoms with Gasteiger partial charge in [0.2, 0.25) is 0 Å². The minimum absolute atomic E-state index is 0.0509. The second kappa shape index (κ2) is 3.45. The van der Waals surface area contributed by atoms with Crippen molar-refractivity contribution in [3.05, 3.63) is 29.3 Å². The Morgan fingerprint density at radius 3 is 2.54 bits per heavy atom. The van der Waals surface area contributed by atoms with Crippen molar-refractivity contribution >= 4 is 5.97 Å². The van der Waals surface area contributed by atoms with Crippen LogP contribution >= 0.6 is 0 Å². The Balaban J connectivity index is 3.20. The fraction of sp³-hybridized carbons (Fsp3) is 0.222. The number of aliphatic carboxylic acids is 1. The third-order valence-corrected chi connectivity index (χ3v) is 1.81. The van der Waals surface area contributed by atoms with Crippen molar-refractivity contribution in [2.24, 2.45) is 0 Å². The lowest BCUT2D eigenvalue weighted by atomic mass is 10.0. The number of benzene rings is 1. The number of aliphatic hydroxyl groups is 1. The number of phenols is 1. The summed E-state index contributed by atoms with van der Waals surface area (Å²) in [5.74, 6) is -1.57. The molecule has 0 spiro atoms. The highest BCUT2D eigenvalue weighted by molar-refractivity contribution is 5.75. The first kappa shape index (κ1) is 9.54. The van der Waals surface area contributed by atoms with Crippen LogP contribution in [-0.2, 0) is 4.79 Å². The van der Waals surface area contributed by atoms with E-state index in [1.807, 2.05) is 0 Å². The van der Waals surface area contributed by atoms with Crippen LogP contribution in [0.5, 0.6) is 5.75 Å². The second-order valence-electron chi connectivity index (χ2n) is 2.75. The highest BCUT2D eigenvalue weighted by Crippen LogP contribution is 2.27. The fourth-order valence-electron chi connectivity index (χ4n) is 1.14. The Labute approximate surface area is 75.1 Å². The zero-order chi connectivity index (χ0) is 10.0. The summed E-state index contributed by atoms with van der Waals surface area (Å²) in [5.41, 5.74) is 0.602. The molecule has 1 unspecified atom stereocenters. The first-order valence-electron chi connectivity index (χ1n) is 3.73. The number of carboxylic acids is 1. The third-order valence-electron chi connectivity index (χ3n) is 1.81. The molecule has 1 aromatic carbocycles. The molecule has 13 heavy (non-hydrogen) atoms. The number of hydrogen-bond acceptors (Lipinski definition) is 3. The van der Waals surface area contributed by atoms with E-state index in [4.69, 9.17) is 5.11 Å². The minimum atomic E-state index is -1.67. The number of aromatic hydroxyl groups is 1. The van der Waals surface area contributed by atoms with Gasteiger partial charge in [0.25, 0.3) is 0 Å². The van der Waals surface area contributed by atoms with Crippen LogP contribution in [0.3, 0.4) is 0 Å². The van der Waals surface area contributed by atoms with E-state index in [2.05, 4.69) is 0 Å². The van der Waals surface area contributed by atoms with E-state index in [0.717, 1.165) is 0 Å². The van der Waals surface area contributed by atoms with Gasteiger partial charge in [-0.1, -0.05) is 12.1 Å². The average molecular weight is 182 g/mol. The van der Waals surface area contributed by atoms with Crippen LogP contribution in [0.25, 0.3) is 0 Å². The molecule has 0 heterocycles. The number of phenolic OH excluding ortho intramolecular Hbond substituents is 1. The average Bonchev–Trinajstić information content (AvgIpc) is 2.03. The number of aliphatic hydroxyl groups excluding tert-OH is 1. The predicted molar refractivity (Wildman–Crippen MR) is 45.4 cm³/mol. The molecule has 0 saturated heterocycles. The van der Waals surface area contributed by atoms with Crippen molar-refractivity contribution in [3.63, 3.8) is 0 Å². The normalized spacial score (nSPS) is 12.5. The van der Waals surface area contributed by atoms with E-state index >= 15 is 0 Å². The van der Waals surface area contributed by atoms with Gasteiger partial charge in [0.1, 0.15) is 5.75 Å². The van der Waals surface area contributed by atoms with Gasteiger partial charge in [-0.2, -0.15) is 0 Å². The van der Waals surface area contributed by atoms with Gasteiger partial charge in [-0.25, -0.2) is 4.79 Å². The Morgan fingerprint density at radius 1 is 1.46 bits per heavy atom. The quantitative estimate of drug-likeness (QED) is 0.632. The molecule has 0 amide bonds. The van der Waals surface area contributed by atoms with Gasteiger partial charge in [0.05, 0.1) is 0 Å². The number of aryl methyl sites for hydroxylation is 1. The summed E-state index contributed by atoms with van der Waals surface area (Å²) in [6, 6.07) is 4.55. The Hall–Kier alpha value is -1.55. The lowest BCUT2D eigenvalue weighted by Gasteiger charge is -2.10. The van der Waals surface area contributed by atoms with E-state index in [1.54, 1.807) is 19.1 Å². The lowest BCUT2D eigenvalue weighted by molar-refractivity contribution is -0.147. The van der Waals surface area contributed by atoms with Crippen molar-refractivity contribution < 1.29 is 20.1 Å². The van der Waals surface area contributed by atoms with E-state index in [0.29, 0.717) is 5.56 Å². The number of carboxylic acid groups (broad SMARTS) is 1. The zero-order valence-corrected chi connectivity index (χ0v) is 7.06. The summed E-state index contributed by atoms with van der Waals surface area (Å²) < 4.78 is 0. The van der Waals surface area contributed by atoms with Crippen molar-refractivity contribution in [2.75, 3.05) is 0 Å². The van der Waals surface area contributed by atoms with Crippen molar-refractivity contribution in [2.45, 2.75) is 13.0 Å². The molecule has 0 aliphatic rings. The highest BCUT2D eigenvalue weighted by Gasteiger charge is 2.21. The van der Waals surface area contributed by atoms with Gasteiger partial charge in [-0.05, 0) is 18.6 Å². The summed E-state index contributed by atoms with van der Waals surface area (Å²) in [6.07, 6.45) is -1.67. The topological polar surface area (TPSA) is 77.8 Å². The monoisotopic (exact) mass is 182 g/mol. The molecule has 1 rings (SSSR count). The molecule has 3 N–H and O–H groups in total. The van der Waals surface area contributed by atoms with Gasteiger partial charge < -0.3 is 15.3 Å². The van der Waals surface area contributed by atoms with Crippen LogP contribution in [0.2, 0.25) is 0 Å². The van der Waals surface area contributed by atoms with Crippen LogP contribution in [0.4, 0.5) is 0 Å². The number of carbonyl (C=O) groups is 1. The molecule has 0 radical (unpaired) electrons. The Bertz CT molecular complexity index is 312. The van der Waals surface area contributed by atoms with Gasteiger partial charge in [0.15, 0.2) is 6.10 Å². The summed E-state index contributed by atoms with van der Waals surface area (Å²) in [6.45, 7) is 1.63. The maximum absolute atomic E-state index is 10.4. The van der Waals surface area contributed by atoms with E-state index in [-0.39, 0.29) is 11.3 Å². The molecule has 4 nitrogen and oxygen atoms in total. The zero-order valence-electron chi connectivity index (χ0n) is 7.06. The van der Waals surface area contributed by atoms with Gasteiger partial charge >= 0.3 is 5.97 Å². The van der Waals surface area contributed by atoms with Crippen LogP contribution in [0, 0.1) is 6.92 Å². The summed E-state index contributed by atoms with van der Waals surface area (Å²) in [7, 11) is 0. The Kier molecular flexibility index (Phi) is 2.53. The molecule has 0 fully saturated rings. The van der Waals surface area contributed by atoms with E-state index in [9.17, 15) is 15.0 Å². The third kappa shape index (κ3) is 1.78. The van der Waals surface area contributed by atoms with Crippen LogP contribution in [0.1, 0.15) is 17.2 Å². The largest absolute Gasteiger partial charge is 0.508 e. The van der Waals surface area contributed by atoms with Crippen LogP contribution < -0.4 is 0 Å². The fourth-order valence-corrected chi connectivity index (χ4v) is 1.14. The highest BCUT2D eigenvalue weighted by atomic mass is 16.4. The molecule has 0 aliphatic heterocycles. The summed E-state index contributed by atoms with van der Waals surface area (Å²) in [5, 5.41) is 27.0. The number of hydrogen-bond donors (Lipinski definition) is 3. The Morgan fingerprint density at radius 2 is 2.08 bits per heavy atom. The van der Waals surface area contributed by atoms with Gasteiger partial charge in [0, 0.05) is 5.56 Å². The summed E-state index contributed by atoms with van der Waals surface area (Å²) >= 11 is 0. The lowest BCUT2D eigenvalue weighted by Crippen LogP contribution is -2.11. The molecule has 70 valence electrons. The summed E-state index contributed by atoms with van der Waals surface area (Å²) in [4.78, 5) is 10.4. The smallest absolute Gasteiger partial charge is 0.337 e. The van der Waals surface area contributed by atoms with Crippen LogP contribution in [0.15, 0.2) is 18.2 Å². The van der Waals surface area contributed by atoms with E-state index in [1.165, 1.54) is 6.07 Å². The van der Waals surface area contributed by atoms with Crippen molar-refractivity contribution in [1.29, 1.82) is 0 Å². The van der Waals surface area contributed by atoms with Crippen molar-refractivity contribution in [3.8, 4) is 5.75 Å². The molecular weight excluding hydrogens is 172 g/mol. The second-order valence-corrected chi connectivity index (χ2v) is 2.75. The maximum Gasteiger partial charge on any atom is 0.337 e. The predicted octanol–water partition coefficient (Wildman–Crippen LogP) is 0.819. The molecule has 0 aromatic heterocycles. The van der Waals surface area contributed by atoms with Gasteiger partial charge in [-0.15, -0.1) is 0 Å². The maximum atomic E-state index is 10.4. The SMILES string of the molecule is Cc1cccc(O)c1C(O)C(=O)O. The molecule has 0 aliphatic carbocycles. The standard InChI is InChI=1S/C9H10O4/c1-5-3-2-4-6(10)7(5)8(11)9(12)13/h2-4,8,10-11H,1H3,(H,12,13). The first-order chi connectivity index (χ1) is 6.04. The molecule has 1 aromatic rings. The molecule has 1 atom stereocenters. The van der Waals surface area contributed by atoms with Gasteiger partial charge in [-0.3, -0.25) is 0 Å². The van der Waals surface area contributed by atoms with E-state index < -0.39 is 12.1 Å². The molecule has 4 heteroatoms.